The first-order valence-corrected chi connectivity index (χ1v) is 18.5. The molecule has 0 saturated carbocycles. The van der Waals surface area contributed by atoms with Crippen molar-refractivity contribution in [2.45, 2.75) is 131 Å². The van der Waals surface area contributed by atoms with E-state index in [2.05, 4.69) is 28.2 Å². The van der Waals surface area contributed by atoms with E-state index >= 15 is 0 Å². The maximum Gasteiger partial charge on any atom is 0.410 e. The highest BCUT2D eigenvalue weighted by molar-refractivity contribution is 5.96. The van der Waals surface area contributed by atoms with Gasteiger partial charge in [-0.1, -0.05) is 52.3 Å². The number of carboxylic acid groups (broad SMARTS) is 1. The van der Waals surface area contributed by atoms with Gasteiger partial charge in [-0.05, 0) is 77.3 Å². The number of hydrogen-bond donors (Lipinski definition) is 3. The average Bonchev–Trinajstić information content (AvgIpc) is 3.38. The number of hydrogen-bond acceptors (Lipinski definition) is 8. The molecule has 3 atom stereocenters. The van der Waals surface area contributed by atoms with Gasteiger partial charge in [0.2, 0.25) is 17.7 Å². The Morgan fingerprint density at radius 3 is 2.15 bits per heavy atom. The van der Waals surface area contributed by atoms with Gasteiger partial charge in [0.05, 0.1) is 6.61 Å². The quantitative estimate of drug-likeness (QED) is 0.169. The standard InChI is InChI=1S/C40H63N5O9/c1-15-53-36(51)28(17-19-30(46)47)41-33(48)25(3)20-21-43(12)35(50)31(38(4,5)6)42-34(49)32(45(14)37(52)54-39(7,8)9)40(10,11)27-23-44(13)29-18-16-24(2)22-26(27)29/h20,22-23,28,31-32H,15-19,21H2,1-14H3,(H,41,48)(H,42,49)(H,46,47)/b25-20+/t28-,31?,32?/m1/s1. The van der Waals surface area contributed by atoms with Gasteiger partial charge in [0.1, 0.15) is 23.7 Å². The lowest BCUT2D eigenvalue weighted by molar-refractivity contribution is -0.147. The first-order chi connectivity index (χ1) is 24.7. The van der Waals surface area contributed by atoms with E-state index < -0.39 is 70.3 Å². The van der Waals surface area contributed by atoms with E-state index in [0.717, 1.165) is 29.7 Å². The molecule has 1 aromatic heterocycles. The summed E-state index contributed by atoms with van der Waals surface area (Å²) in [5.41, 5.74) is 1.89. The van der Waals surface area contributed by atoms with Crippen molar-refractivity contribution in [1.82, 2.24) is 25.0 Å². The molecule has 0 spiro atoms. The van der Waals surface area contributed by atoms with Gasteiger partial charge in [-0.2, -0.15) is 0 Å². The molecule has 1 aliphatic rings. The van der Waals surface area contributed by atoms with Crippen molar-refractivity contribution >= 4 is 41.8 Å². The number of aromatic nitrogens is 1. The van der Waals surface area contributed by atoms with Gasteiger partial charge in [0.15, 0.2) is 0 Å². The highest BCUT2D eigenvalue weighted by atomic mass is 16.6. The number of fused-ring (bicyclic) bond motifs is 1. The minimum absolute atomic E-state index is 0.0195. The molecule has 2 unspecified atom stereocenters. The second kappa shape index (κ2) is 18.1. The number of carbonyl (C=O) groups excluding carboxylic acids is 5. The van der Waals surface area contributed by atoms with Crippen molar-refractivity contribution in [1.29, 1.82) is 0 Å². The summed E-state index contributed by atoms with van der Waals surface area (Å²) in [5, 5.41) is 14.6. The van der Waals surface area contributed by atoms with Crippen molar-refractivity contribution in [3.05, 3.63) is 40.2 Å². The second-order valence-corrected chi connectivity index (χ2v) is 16.8. The number of nitrogens with zero attached hydrogens (tertiary/aromatic N) is 3. The van der Waals surface area contributed by atoms with Gasteiger partial charge in [0.25, 0.3) is 0 Å². The zero-order valence-electron chi connectivity index (χ0n) is 34.8. The Morgan fingerprint density at radius 2 is 1.61 bits per heavy atom. The molecule has 4 amide bonds. The SMILES string of the molecule is CCOC(=O)[C@@H](CCC(=O)O)NC(=O)/C(C)=C/CN(C)C(=O)C(NC(=O)C(N(C)C(=O)OC(C)(C)C)C(C)(C)c1cn(C)c2c1C=C(C)CC2)C(C)(C)C. The average molecular weight is 758 g/mol. The van der Waals surface area contributed by atoms with E-state index in [0.29, 0.717) is 0 Å². The van der Waals surface area contributed by atoms with Crippen LogP contribution in [0, 0.1) is 5.41 Å². The Kier molecular flexibility index (Phi) is 15.3. The number of allylic oxidation sites excluding steroid dienone is 1. The third-order valence-electron chi connectivity index (χ3n) is 9.52. The van der Waals surface area contributed by atoms with Gasteiger partial charge >= 0.3 is 18.0 Å². The molecule has 0 bridgehead atoms. The van der Waals surface area contributed by atoms with Crippen LogP contribution in [0.4, 0.5) is 4.79 Å². The van der Waals surface area contributed by atoms with Gasteiger partial charge in [-0.15, -0.1) is 0 Å². The number of esters is 1. The molecule has 0 fully saturated rings. The van der Waals surface area contributed by atoms with E-state index in [1.54, 1.807) is 34.7 Å². The first-order valence-electron chi connectivity index (χ1n) is 18.5. The predicted octanol–water partition coefficient (Wildman–Crippen LogP) is 4.74. The molecule has 2 rings (SSSR count). The van der Waals surface area contributed by atoms with Crippen molar-refractivity contribution in [2.24, 2.45) is 12.5 Å². The molecule has 1 heterocycles. The third kappa shape index (κ3) is 11.9. The second-order valence-electron chi connectivity index (χ2n) is 16.8. The minimum Gasteiger partial charge on any atom is -0.481 e. The topological polar surface area (TPSA) is 177 Å². The predicted molar refractivity (Wildman–Crippen MR) is 206 cm³/mol. The van der Waals surface area contributed by atoms with Crippen LogP contribution >= 0.6 is 0 Å². The van der Waals surface area contributed by atoms with E-state index in [9.17, 15) is 28.8 Å². The molecule has 3 N–H and O–H groups in total. The monoisotopic (exact) mass is 757 g/mol. The lowest BCUT2D eigenvalue weighted by Gasteiger charge is -2.42. The van der Waals surface area contributed by atoms with Crippen LogP contribution in [0.25, 0.3) is 6.08 Å². The first kappa shape index (κ1) is 45.5. The molecule has 0 saturated heterocycles. The Labute approximate surface area is 320 Å². The number of carbonyl (C=O) groups is 6. The molecule has 54 heavy (non-hydrogen) atoms. The van der Waals surface area contributed by atoms with Crippen LogP contribution in [0.15, 0.2) is 23.4 Å². The highest BCUT2D eigenvalue weighted by Crippen LogP contribution is 2.39. The van der Waals surface area contributed by atoms with E-state index in [1.165, 1.54) is 35.4 Å². The number of amides is 4. The van der Waals surface area contributed by atoms with Crippen molar-refractivity contribution in [2.75, 3.05) is 27.2 Å². The van der Waals surface area contributed by atoms with Crippen LogP contribution in [0.1, 0.15) is 112 Å². The number of nitrogens with one attached hydrogen (secondary N) is 2. The highest BCUT2D eigenvalue weighted by Gasteiger charge is 2.47. The maximum absolute atomic E-state index is 14.7. The number of carboxylic acids is 1. The van der Waals surface area contributed by atoms with Crippen LogP contribution in [0.2, 0.25) is 0 Å². The fourth-order valence-corrected chi connectivity index (χ4v) is 6.46. The minimum atomic E-state index is -1.16. The summed E-state index contributed by atoms with van der Waals surface area (Å²) in [5.74, 6) is -3.46. The molecular formula is C40H63N5O9. The van der Waals surface area contributed by atoms with Gasteiger partial charge < -0.3 is 34.7 Å². The van der Waals surface area contributed by atoms with Crippen LogP contribution in [-0.2, 0) is 52.3 Å². The Morgan fingerprint density at radius 1 is 1.00 bits per heavy atom. The summed E-state index contributed by atoms with van der Waals surface area (Å²) in [7, 11) is 5.05. The summed E-state index contributed by atoms with van der Waals surface area (Å²) in [6.45, 7) is 19.8. The smallest absolute Gasteiger partial charge is 0.410 e. The lowest BCUT2D eigenvalue weighted by Crippen LogP contribution is -2.62. The van der Waals surface area contributed by atoms with Crippen molar-refractivity contribution in [3.63, 3.8) is 0 Å². The molecule has 0 radical (unpaired) electrons. The molecule has 302 valence electrons. The summed E-state index contributed by atoms with van der Waals surface area (Å²) >= 11 is 0. The zero-order chi connectivity index (χ0) is 41.5. The van der Waals surface area contributed by atoms with Gasteiger partial charge in [-0.3, -0.25) is 24.1 Å². The van der Waals surface area contributed by atoms with Crippen molar-refractivity contribution < 1.29 is 43.3 Å². The Balaban J connectivity index is 2.45. The summed E-state index contributed by atoms with van der Waals surface area (Å²) < 4.78 is 12.8. The van der Waals surface area contributed by atoms with Crippen LogP contribution < -0.4 is 10.6 Å². The fraction of sp³-hybridized carbons (Fsp3) is 0.650. The van der Waals surface area contributed by atoms with Crippen LogP contribution in [0.3, 0.4) is 0 Å². The van der Waals surface area contributed by atoms with E-state index in [1.807, 2.05) is 47.9 Å². The summed E-state index contributed by atoms with van der Waals surface area (Å²) in [4.78, 5) is 81.5. The van der Waals surface area contributed by atoms with Gasteiger partial charge in [-0.25, -0.2) is 9.59 Å². The zero-order valence-corrected chi connectivity index (χ0v) is 34.8. The molecule has 0 aliphatic heterocycles. The van der Waals surface area contributed by atoms with Crippen LogP contribution in [0.5, 0.6) is 0 Å². The summed E-state index contributed by atoms with van der Waals surface area (Å²) in [6.07, 6.45) is 6.24. The largest absolute Gasteiger partial charge is 0.481 e. The molecule has 14 nitrogen and oxygen atoms in total. The van der Waals surface area contributed by atoms with Crippen LogP contribution in [-0.4, -0.2) is 106 Å². The molecule has 1 aromatic rings. The van der Waals surface area contributed by atoms with E-state index in [-0.39, 0.29) is 31.6 Å². The number of aliphatic carboxylic acids is 1. The normalized spacial score (nSPS) is 15.1. The molecule has 14 heteroatoms. The lowest BCUT2D eigenvalue weighted by atomic mass is 9.74. The van der Waals surface area contributed by atoms with Crippen molar-refractivity contribution in [3.8, 4) is 0 Å². The molecule has 1 aliphatic carbocycles. The molecule has 0 aromatic carbocycles. The Hall–Kier alpha value is -4.62. The Bertz CT molecular complexity index is 1640. The molecular weight excluding hydrogens is 694 g/mol. The third-order valence-corrected chi connectivity index (χ3v) is 9.52. The maximum atomic E-state index is 14.7. The van der Waals surface area contributed by atoms with Gasteiger partial charge in [0, 0.05) is 57.0 Å². The fourth-order valence-electron chi connectivity index (χ4n) is 6.46. The number of rotatable bonds is 15. The summed E-state index contributed by atoms with van der Waals surface area (Å²) in [6, 6.07) is -3.30. The number of aryl methyl sites for hydroxylation is 1. The number of ether oxygens (including phenoxy) is 2. The number of likely N-dealkylation sites (N-methyl/N-ethyl adjacent to an activating group) is 2. The van der Waals surface area contributed by atoms with E-state index in [4.69, 9.17) is 14.6 Å².